The lowest BCUT2D eigenvalue weighted by Gasteiger charge is -2.22. The van der Waals surface area contributed by atoms with Gasteiger partial charge in [-0.1, -0.05) is 19.3 Å². The van der Waals surface area contributed by atoms with Gasteiger partial charge in [-0.25, -0.2) is 4.98 Å². The first-order valence-electron chi connectivity index (χ1n) is 6.89. The Labute approximate surface area is 114 Å². The van der Waals surface area contributed by atoms with Crippen molar-refractivity contribution < 1.29 is 9.84 Å². The third-order valence-electron chi connectivity index (χ3n) is 3.80. The highest BCUT2D eigenvalue weighted by molar-refractivity contribution is 5.46. The molecule has 1 saturated carbocycles. The Bertz CT molecular complexity index is 474. The Balaban J connectivity index is 2.39. The molecule has 0 amide bonds. The van der Waals surface area contributed by atoms with Gasteiger partial charge in [0.25, 0.3) is 0 Å². The number of ether oxygens (including phenoxy) is 1. The molecule has 1 aliphatic rings. The summed E-state index contributed by atoms with van der Waals surface area (Å²) in [6, 6.07) is 4.11. The number of hydrogen-bond donors (Lipinski definition) is 1. The molecule has 0 aliphatic heterocycles. The van der Waals surface area contributed by atoms with Crippen molar-refractivity contribution in [3.63, 3.8) is 0 Å². The molecule has 1 aromatic heterocycles. The average molecular weight is 260 g/mol. The highest BCUT2D eigenvalue weighted by atomic mass is 16.5. The van der Waals surface area contributed by atoms with E-state index >= 15 is 0 Å². The minimum absolute atomic E-state index is 0.0337. The standard InChI is InChI=1S/C15H20N2O2/c1-19-15-13(10-16)12(7-8-18)9-14(17-15)11-5-3-2-4-6-11/h9,11,18H,2-8H2,1H3. The maximum absolute atomic E-state index is 9.21. The molecule has 1 fully saturated rings. The summed E-state index contributed by atoms with van der Waals surface area (Å²) in [6.07, 6.45) is 6.56. The average Bonchev–Trinajstić information content (AvgIpc) is 2.47. The summed E-state index contributed by atoms with van der Waals surface area (Å²) in [5.74, 6) is 0.863. The van der Waals surface area contributed by atoms with Crippen LogP contribution < -0.4 is 4.74 Å². The molecule has 0 saturated heterocycles. The van der Waals surface area contributed by atoms with Gasteiger partial charge in [0.05, 0.1) is 7.11 Å². The second-order valence-electron chi connectivity index (χ2n) is 5.01. The molecule has 0 aromatic carbocycles. The highest BCUT2D eigenvalue weighted by Crippen LogP contribution is 2.34. The molecule has 0 spiro atoms. The van der Waals surface area contributed by atoms with Crippen LogP contribution in [0.3, 0.4) is 0 Å². The van der Waals surface area contributed by atoms with Gasteiger partial charge in [0.15, 0.2) is 0 Å². The number of rotatable bonds is 4. The summed E-state index contributed by atoms with van der Waals surface area (Å²) in [5.41, 5.74) is 2.31. The van der Waals surface area contributed by atoms with E-state index in [1.54, 1.807) is 0 Å². The Morgan fingerprint density at radius 1 is 1.42 bits per heavy atom. The molecule has 4 heteroatoms. The smallest absolute Gasteiger partial charge is 0.231 e. The first-order chi connectivity index (χ1) is 9.30. The van der Waals surface area contributed by atoms with Crippen molar-refractivity contribution in [2.75, 3.05) is 13.7 Å². The quantitative estimate of drug-likeness (QED) is 0.903. The second-order valence-corrected chi connectivity index (χ2v) is 5.01. The number of methoxy groups -OCH3 is 1. The van der Waals surface area contributed by atoms with Crippen LogP contribution >= 0.6 is 0 Å². The number of nitrogens with zero attached hydrogens (tertiary/aromatic N) is 2. The van der Waals surface area contributed by atoms with Crippen molar-refractivity contribution in [3.05, 3.63) is 22.9 Å². The fraction of sp³-hybridized carbons (Fsp3) is 0.600. The van der Waals surface area contributed by atoms with Crippen LogP contribution in [0.15, 0.2) is 6.07 Å². The van der Waals surface area contributed by atoms with Crippen molar-refractivity contribution in [3.8, 4) is 11.9 Å². The minimum Gasteiger partial charge on any atom is -0.480 e. The number of aromatic nitrogens is 1. The normalized spacial score (nSPS) is 16.1. The van der Waals surface area contributed by atoms with E-state index in [-0.39, 0.29) is 6.61 Å². The molecular weight excluding hydrogens is 240 g/mol. The first kappa shape index (κ1) is 13.8. The van der Waals surface area contributed by atoms with Gasteiger partial charge in [0.1, 0.15) is 11.6 Å². The lowest BCUT2D eigenvalue weighted by Crippen LogP contribution is -2.10. The zero-order valence-electron chi connectivity index (χ0n) is 11.4. The Morgan fingerprint density at radius 2 is 2.16 bits per heavy atom. The van der Waals surface area contributed by atoms with Crippen molar-refractivity contribution in [2.24, 2.45) is 0 Å². The van der Waals surface area contributed by atoms with Crippen molar-refractivity contribution in [1.29, 1.82) is 5.26 Å². The molecule has 2 rings (SSSR count). The van der Waals surface area contributed by atoms with E-state index in [0.717, 1.165) is 24.1 Å². The summed E-state index contributed by atoms with van der Waals surface area (Å²) >= 11 is 0. The monoisotopic (exact) mass is 260 g/mol. The molecule has 1 heterocycles. The molecule has 1 aromatic rings. The fourth-order valence-electron chi connectivity index (χ4n) is 2.79. The molecule has 1 aliphatic carbocycles. The van der Waals surface area contributed by atoms with Crippen molar-refractivity contribution in [1.82, 2.24) is 4.98 Å². The lowest BCUT2D eigenvalue weighted by atomic mass is 9.86. The highest BCUT2D eigenvalue weighted by Gasteiger charge is 2.20. The van der Waals surface area contributed by atoms with Gasteiger partial charge < -0.3 is 9.84 Å². The fourth-order valence-corrected chi connectivity index (χ4v) is 2.79. The van der Waals surface area contributed by atoms with Crippen LogP contribution in [0.1, 0.15) is 54.8 Å². The van der Waals surface area contributed by atoms with Crippen LogP contribution in [0.4, 0.5) is 0 Å². The van der Waals surface area contributed by atoms with Gasteiger partial charge in [-0.05, 0) is 30.9 Å². The van der Waals surface area contributed by atoms with Gasteiger partial charge in [-0.3, -0.25) is 0 Å². The van der Waals surface area contributed by atoms with Crippen molar-refractivity contribution in [2.45, 2.75) is 44.4 Å². The SMILES string of the molecule is COc1nc(C2CCCCC2)cc(CCO)c1C#N. The van der Waals surface area contributed by atoms with Gasteiger partial charge in [-0.15, -0.1) is 0 Å². The van der Waals surface area contributed by atoms with Crippen LogP contribution in [0.25, 0.3) is 0 Å². The van der Waals surface area contributed by atoms with Crippen LogP contribution in [0.2, 0.25) is 0 Å². The summed E-state index contributed by atoms with van der Waals surface area (Å²) < 4.78 is 5.24. The number of aliphatic hydroxyl groups is 1. The molecule has 4 nitrogen and oxygen atoms in total. The zero-order chi connectivity index (χ0) is 13.7. The summed E-state index contributed by atoms with van der Waals surface area (Å²) in [6.45, 7) is 0.0337. The predicted molar refractivity (Wildman–Crippen MR) is 72.1 cm³/mol. The molecule has 0 bridgehead atoms. The molecular formula is C15H20N2O2. The number of pyridine rings is 1. The van der Waals surface area contributed by atoms with Gasteiger partial charge in [-0.2, -0.15) is 5.26 Å². The van der Waals surface area contributed by atoms with E-state index in [2.05, 4.69) is 11.1 Å². The maximum Gasteiger partial charge on any atom is 0.231 e. The third-order valence-corrected chi connectivity index (χ3v) is 3.80. The third kappa shape index (κ3) is 3.05. The van der Waals surface area contributed by atoms with Gasteiger partial charge >= 0.3 is 0 Å². The minimum atomic E-state index is 0.0337. The molecule has 0 atom stereocenters. The van der Waals surface area contributed by atoms with E-state index in [1.165, 1.54) is 26.4 Å². The number of nitriles is 1. The summed E-state index contributed by atoms with van der Waals surface area (Å²) in [7, 11) is 1.54. The first-order valence-corrected chi connectivity index (χ1v) is 6.89. The topological polar surface area (TPSA) is 66.1 Å². The van der Waals surface area contributed by atoms with Crippen LogP contribution in [0.5, 0.6) is 5.88 Å². The number of aliphatic hydroxyl groups excluding tert-OH is 1. The van der Waals surface area contributed by atoms with E-state index in [0.29, 0.717) is 23.8 Å². The molecule has 0 radical (unpaired) electrons. The summed E-state index contributed by atoms with van der Waals surface area (Å²) in [4.78, 5) is 4.50. The van der Waals surface area contributed by atoms with E-state index in [4.69, 9.17) is 9.84 Å². The van der Waals surface area contributed by atoms with Crippen LogP contribution in [-0.2, 0) is 6.42 Å². The van der Waals surface area contributed by atoms with Gasteiger partial charge in [0.2, 0.25) is 5.88 Å². The molecule has 19 heavy (non-hydrogen) atoms. The maximum atomic E-state index is 9.21. The van der Waals surface area contributed by atoms with E-state index < -0.39 is 0 Å². The largest absolute Gasteiger partial charge is 0.480 e. The predicted octanol–water partition coefficient (Wildman–Crippen LogP) is 2.54. The Morgan fingerprint density at radius 3 is 2.74 bits per heavy atom. The number of hydrogen-bond acceptors (Lipinski definition) is 4. The zero-order valence-corrected chi connectivity index (χ0v) is 11.4. The molecule has 1 N–H and O–H groups in total. The molecule has 0 unspecified atom stereocenters. The second kappa shape index (κ2) is 6.53. The molecule has 102 valence electrons. The van der Waals surface area contributed by atoms with E-state index in [1.807, 2.05) is 6.07 Å². The van der Waals surface area contributed by atoms with Crippen LogP contribution in [-0.4, -0.2) is 23.8 Å². The Kier molecular flexibility index (Phi) is 4.75. The Hall–Kier alpha value is -1.60. The lowest BCUT2D eigenvalue weighted by molar-refractivity contribution is 0.299. The van der Waals surface area contributed by atoms with Crippen LogP contribution in [0, 0.1) is 11.3 Å². The summed E-state index contributed by atoms with van der Waals surface area (Å²) in [5, 5.41) is 18.3. The van der Waals surface area contributed by atoms with Crippen molar-refractivity contribution >= 4 is 0 Å². The van der Waals surface area contributed by atoms with Gasteiger partial charge in [0, 0.05) is 18.2 Å². The van der Waals surface area contributed by atoms with E-state index in [9.17, 15) is 5.26 Å².